The normalized spacial score (nSPS) is 14.8. The number of benzene rings is 1. The third-order valence-corrected chi connectivity index (χ3v) is 3.83. The van der Waals surface area contributed by atoms with E-state index in [2.05, 4.69) is 36.2 Å². The molecule has 0 aromatic heterocycles. The fourth-order valence-corrected chi connectivity index (χ4v) is 2.70. The van der Waals surface area contributed by atoms with E-state index < -0.39 is 0 Å². The minimum atomic E-state index is 0.171. The summed E-state index contributed by atoms with van der Waals surface area (Å²) in [7, 11) is 0. The lowest BCUT2D eigenvalue weighted by Gasteiger charge is -2.25. The summed E-state index contributed by atoms with van der Waals surface area (Å²) in [5.41, 5.74) is 2.26. The highest BCUT2D eigenvalue weighted by Gasteiger charge is 2.29. The Balaban J connectivity index is 2.00. The molecule has 0 amide bonds. The van der Waals surface area contributed by atoms with Gasteiger partial charge in [0.2, 0.25) is 0 Å². The molecule has 0 aliphatic heterocycles. The van der Waals surface area contributed by atoms with Gasteiger partial charge in [0.25, 0.3) is 0 Å². The molecular formula is C16H25ClN2O. The molecule has 1 aliphatic rings. The highest BCUT2D eigenvalue weighted by molar-refractivity contribution is 6.33. The molecule has 4 heteroatoms. The predicted molar refractivity (Wildman–Crippen MR) is 85.5 cm³/mol. The van der Waals surface area contributed by atoms with E-state index in [9.17, 15) is 5.11 Å². The molecule has 0 bridgehead atoms. The van der Waals surface area contributed by atoms with Crippen LogP contribution in [0.25, 0.3) is 0 Å². The summed E-state index contributed by atoms with van der Waals surface area (Å²) >= 11 is 6.42. The summed E-state index contributed by atoms with van der Waals surface area (Å²) in [6.07, 6.45) is 2.40. The highest BCUT2D eigenvalue weighted by atomic mass is 35.5. The van der Waals surface area contributed by atoms with E-state index in [0.717, 1.165) is 23.8 Å². The van der Waals surface area contributed by atoms with Crippen molar-refractivity contribution < 1.29 is 5.11 Å². The summed E-state index contributed by atoms with van der Waals surface area (Å²) in [6.45, 7) is 7.09. The minimum absolute atomic E-state index is 0.171. The monoisotopic (exact) mass is 296 g/mol. The van der Waals surface area contributed by atoms with Gasteiger partial charge in [-0.1, -0.05) is 31.5 Å². The van der Waals surface area contributed by atoms with Crippen LogP contribution in [0.3, 0.4) is 0 Å². The highest BCUT2D eigenvalue weighted by Crippen LogP contribution is 2.35. The number of hydrogen-bond acceptors (Lipinski definition) is 3. The van der Waals surface area contributed by atoms with Crippen LogP contribution in [0.5, 0.6) is 0 Å². The van der Waals surface area contributed by atoms with Crippen molar-refractivity contribution in [2.24, 2.45) is 5.92 Å². The molecule has 112 valence electrons. The van der Waals surface area contributed by atoms with E-state index in [0.29, 0.717) is 18.5 Å². The quantitative estimate of drug-likeness (QED) is 0.774. The van der Waals surface area contributed by atoms with Crippen LogP contribution in [0.1, 0.15) is 32.3 Å². The van der Waals surface area contributed by atoms with Crippen LogP contribution in [0, 0.1) is 5.92 Å². The minimum Gasteiger partial charge on any atom is -0.395 e. The van der Waals surface area contributed by atoms with Crippen molar-refractivity contribution in [2.45, 2.75) is 39.3 Å². The van der Waals surface area contributed by atoms with Crippen LogP contribution >= 0.6 is 11.6 Å². The van der Waals surface area contributed by atoms with Crippen molar-refractivity contribution in [3.8, 4) is 0 Å². The summed E-state index contributed by atoms with van der Waals surface area (Å²) in [6, 6.07) is 6.81. The van der Waals surface area contributed by atoms with Crippen molar-refractivity contribution in [3.05, 3.63) is 28.8 Å². The Labute approximate surface area is 126 Å². The van der Waals surface area contributed by atoms with E-state index in [-0.39, 0.29) is 6.61 Å². The Morgan fingerprint density at radius 1 is 1.40 bits per heavy atom. The van der Waals surface area contributed by atoms with Gasteiger partial charge in [-0.25, -0.2) is 0 Å². The number of nitrogens with one attached hydrogen (secondary N) is 1. The Kier molecular flexibility index (Phi) is 5.70. The first-order chi connectivity index (χ1) is 9.61. The van der Waals surface area contributed by atoms with Crippen LogP contribution in [-0.2, 0) is 6.54 Å². The second-order valence-corrected chi connectivity index (χ2v) is 6.37. The smallest absolute Gasteiger partial charge is 0.0642 e. The van der Waals surface area contributed by atoms with Crippen LogP contribution in [0.4, 0.5) is 5.69 Å². The molecule has 0 atom stereocenters. The maximum absolute atomic E-state index is 9.19. The van der Waals surface area contributed by atoms with Crippen molar-refractivity contribution in [2.75, 3.05) is 24.6 Å². The maximum atomic E-state index is 9.19. The molecule has 2 rings (SSSR count). The number of aliphatic hydroxyl groups is 1. The van der Waals surface area contributed by atoms with Crippen molar-refractivity contribution >= 4 is 17.3 Å². The summed E-state index contributed by atoms with van der Waals surface area (Å²) in [4.78, 5) is 2.23. The third-order valence-electron chi connectivity index (χ3n) is 3.53. The molecule has 1 fully saturated rings. The first-order valence-corrected chi connectivity index (χ1v) is 7.86. The Morgan fingerprint density at radius 2 is 2.15 bits per heavy atom. The fourth-order valence-electron chi connectivity index (χ4n) is 2.39. The summed E-state index contributed by atoms with van der Waals surface area (Å²) < 4.78 is 0. The van der Waals surface area contributed by atoms with E-state index in [4.69, 9.17) is 11.6 Å². The second-order valence-electron chi connectivity index (χ2n) is 5.96. The summed E-state index contributed by atoms with van der Waals surface area (Å²) in [5.74, 6) is 0.652. The van der Waals surface area contributed by atoms with Gasteiger partial charge in [-0.05, 0) is 43.0 Å². The number of hydrogen-bond donors (Lipinski definition) is 2. The van der Waals surface area contributed by atoms with Gasteiger partial charge in [-0.3, -0.25) is 0 Å². The number of anilines is 1. The molecule has 1 saturated carbocycles. The molecule has 0 heterocycles. The maximum Gasteiger partial charge on any atom is 0.0642 e. The number of rotatable bonds is 8. The van der Waals surface area contributed by atoms with Gasteiger partial charge in [-0.2, -0.15) is 0 Å². The Morgan fingerprint density at radius 3 is 2.70 bits per heavy atom. The van der Waals surface area contributed by atoms with Crippen molar-refractivity contribution in [1.82, 2.24) is 5.32 Å². The van der Waals surface area contributed by atoms with Gasteiger partial charge < -0.3 is 15.3 Å². The van der Waals surface area contributed by atoms with Crippen LogP contribution in [0.2, 0.25) is 5.02 Å². The number of halogens is 1. The lowest BCUT2D eigenvalue weighted by molar-refractivity contribution is 0.301. The fraction of sp³-hybridized carbons (Fsp3) is 0.625. The zero-order valence-corrected chi connectivity index (χ0v) is 13.2. The van der Waals surface area contributed by atoms with Gasteiger partial charge in [0.05, 0.1) is 17.3 Å². The molecule has 1 aromatic rings. The zero-order chi connectivity index (χ0) is 14.5. The standard InChI is InChI=1S/C16H25ClN2O/c1-12(2)10-18-11-13-3-6-16(15(17)9-13)19(7-8-20)14-4-5-14/h3,6,9,12,14,18,20H,4-5,7-8,10-11H2,1-2H3. The Bertz CT molecular complexity index is 432. The van der Waals surface area contributed by atoms with Gasteiger partial charge in [0, 0.05) is 19.1 Å². The van der Waals surface area contributed by atoms with Crippen molar-refractivity contribution in [1.29, 1.82) is 0 Å². The molecule has 0 unspecified atom stereocenters. The molecule has 1 aliphatic carbocycles. The average Bonchev–Trinajstić information content (AvgIpc) is 3.21. The average molecular weight is 297 g/mol. The Hall–Kier alpha value is -0.770. The first-order valence-electron chi connectivity index (χ1n) is 7.48. The number of aliphatic hydroxyl groups excluding tert-OH is 1. The molecule has 0 spiro atoms. The molecule has 20 heavy (non-hydrogen) atoms. The molecular weight excluding hydrogens is 272 g/mol. The predicted octanol–water partition coefficient (Wildman–Crippen LogP) is 3.05. The largest absolute Gasteiger partial charge is 0.395 e. The van der Waals surface area contributed by atoms with Crippen LogP contribution in [-0.4, -0.2) is 30.8 Å². The van der Waals surface area contributed by atoms with Crippen molar-refractivity contribution in [3.63, 3.8) is 0 Å². The topological polar surface area (TPSA) is 35.5 Å². The van der Waals surface area contributed by atoms with E-state index in [1.807, 2.05) is 6.07 Å². The first kappa shape index (κ1) is 15.6. The summed E-state index contributed by atoms with van der Waals surface area (Å²) in [5, 5.41) is 13.4. The SMILES string of the molecule is CC(C)CNCc1ccc(N(CCO)C2CC2)c(Cl)c1. The lowest BCUT2D eigenvalue weighted by Crippen LogP contribution is -2.29. The van der Waals surface area contributed by atoms with Gasteiger partial charge >= 0.3 is 0 Å². The second kappa shape index (κ2) is 7.30. The zero-order valence-electron chi connectivity index (χ0n) is 12.4. The molecule has 3 nitrogen and oxygen atoms in total. The van der Waals surface area contributed by atoms with Gasteiger partial charge in [-0.15, -0.1) is 0 Å². The molecule has 0 saturated heterocycles. The molecule has 0 radical (unpaired) electrons. The third kappa shape index (κ3) is 4.37. The van der Waals surface area contributed by atoms with Gasteiger partial charge in [0.15, 0.2) is 0 Å². The van der Waals surface area contributed by atoms with E-state index >= 15 is 0 Å². The van der Waals surface area contributed by atoms with Gasteiger partial charge in [0.1, 0.15) is 0 Å². The lowest BCUT2D eigenvalue weighted by atomic mass is 10.1. The van der Waals surface area contributed by atoms with E-state index in [1.54, 1.807) is 0 Å². The van der Waals surface area contributed by atoms with Crippen LogP contribution in [0.15, 0.2) is 18.2 Å². The van der Waals surface area contributed by atoms with Crippen LogP contribution < -0.4 is 10.2 Å². The number of nitrogens with zero attached hydrogens (tertiary/aromatic N) is 1. The molecule has 2 N–H and O–H groups in total. The van der Waals surface area contributed by atoms with E-state index in [1.165, 1.54) is 18.4 Å². The molecule has 1 aromatic carbocycles.